The third-order valence-electron chi connectivity index (χ3n) is 4.30. The van der Waals surface area contributed by atoms with Crippen molar-refractivity contribution in [1.82, 2.24) is 14.6 Å². The van der Waals surface area contributed by atoms with Gasteiger partial charge < -0.3 is 10.1 Å². The Morgan fingerprint density at radius 1 is 1.14 bits per heavy atom. The van der Waals surface area contributed by atoms with Gasteiger partial charge in [-0.2, -0.15) is 10.1 Å². The molecule has 0 saturated heterocycles. The molecule has 0 spiro atoms. The van der Waals surface area contributed by atoms with Crippen molar-refractivity contribution < 1.29 is 13.9 Å². The molecule has 0 unspecified atom stereocenters. The van der Waals surface area contributed by atoms with Gasteiger partial charge in [0.2, 0.25) is 5.88 Å². The van der Waals surface area contributed by atoms with Crippen molar-refractivity contribution in [3.05, 3.63) is 83.6 Å². The van der Waals surface area contributed by atoms with E-state index in [1.807, 2.05) is 26.0 Å². The van der Waals surface area contributed by atoms with E-state index in [0.717, 1.165) is 11.1 Å². The average molecular weight is 376 g/mol. The number of nitrogens with one attached hydrogen (secondary N) is 1. The number of nitrogens with zero attached hydrogens (tertiary/aromatic N) is 3. The van der Waals surface area contributed by atoms with Crippen LogP contribution in [-0.2, 0) is 0 Å². The van der Waals surface area contributed by atoms with Crippen LogP contribution in [0, 0.1) is 19.7 Å². The summed E-state index contributed by atoms with van der Waals surface area (Å²) in [4.78, 5) is 16.4. The molecule has 1 amide bonds. The fourth-order valence-corrected chi connectivity index (χ4v) is 2.90. The standard InChI is InChI=1S/C21H17FN4O2/c1-13-4-3-5-15(10-13)20(27)25-16-6-7-18(17(22)11-16)28-21-19-14(2)8-9-26(19)24-12-23-21/h3-12H,1-2H3,(H,25,27). The van der Waals surface area contributed by atoms with Crippen LogP contribution in [0.3, 0.4) is 0 Å². The van der Waals surface area contributed by atoms with E-state index in [9.17, 15) is 9.18 Å². The number of hydrogen-bond donors (Lipinski definition) is 1. The topological polar surface area (TPSA) is 68.5 Å². The van der Waals surface area contributed by atoms with Crippen molar-refractivity contribution in [2.24, 2.45) is 0 Å². The first kappa shape index (κ1) is 17.7. The van der Waals surface area contributed by atoms with Gasteiger partial charge in [0.05, 0.1) is 0 Å². The summed E-state index contributed by atoms with van der Waals surface area (Å²) in [7, 11) is 0. The molecule has 0 aliphatic carbocycles. The molecule has 4 rings (SSSR count). The number of hydrogen-bond acceptors (Lipinski definition) is 4. The first-order chi connectivity index (χ1) is 13.5. The van der Waals surface area contributed by atoms with E-state index in [1.54, 1.807) is 35.0 Å². The second kappa shape index (κ2) is 7.11. The van der Waals surface area contributed by atoms with Gasteiger partial charge >= 0.3 is 0 Å². The van der Waals surface area contributed by atoms with Crippen molar-refractivity contribution in [2.75, 3.05) is 5.32 Å². The molecule has 28 heavy (non-hydrogen) atoms. The van der Waals surface area contributed by atoms with Gasteiger partial charge in [0.1, 0.15) is 11.8 Å². The van der Waals surface area contributed by atoms with Crippen LogP contribution >= 0.6 is 0 Å². The van der Waals surface area contributed by atoms with Gasteiger partial charge in [-0.1, -0.05) is 17.7 Å². The lowest BCUT2D eigenvalue weighted by Crippen LogP contribution is -2.12. The smallest absolute Gasteiger partial charge is 0.255 e. The van der Waals surface area contributed by atoms with Gasteiger partial charge in [0.25, 0.3) is 5.91 Å². The highest BCUT2D eigenvalue weighted by Gasteiger charge is 2.14. The number of benzene rings is 2. The Bertz CT molecular complexity index is 1190. The summed E-state index contributed by atoms with van der Waals surface area (Å²) in [5, 5.41) is 6.78. The third kappa shape index (κ3) is 3.42. The number of amides is 1. The van der Waals surface area contributed by atoms with Gasteiger partial charge in [0.15, 0.2) is 11.6 Å². The zero-order chi connectivity index (χ0) is 19.7. The minimum atomic E-state index is -0.608. The lowest BCUT2D eigenvalue weighted by atomic mass is 10.1. The predicted octanol–water partition coefficient (Wildman–Crippen LogP) is 4.53. The molecule has 2 heterocycles. The highest BCUT2D eigenvalue weighted by molar-refractivity contribution is 6.04. The van der Waals surface area contributed by atoms with Crippen LogP contribution in [0.4, 0.5) is 10.1 Å². The maximum Gasteiger partial charge on any atom is 0.255 e. The number of anilines is 1. The summed E-state index contributed by atoms with van der Waals surface area (Å²) in [6.45, 7) is 3.80. The summed E-state index contributed by atoms with van der Waals surface area (Å²) in [5.41, 5.74) is 3.40. The summed E-state index contributed by atoms with van der Waals surface area (Å²) >= 11 is 0. The fourth-order valence-electron chi connectivity index (χ4n) is 2.90. The van der Waals surface area contributed by atoms with E-state index >= 15 is 0 Å². The zero-order valence-electron chi connectivity index (χ0n) is 15.3. The van der Waals surface area contributed by atoms with E-state index < -0.39 is 5.82 Å². The van der Waals surface area contributed by atoms with Gasteiger partial charge in [-0.15, -0.1) is 0 Å². The number of rotatable bonds is 4. The van der Waals surface area contributed by atoms with Crippen molar-refractivity contribution in [2.45, 2.75) is 13.8 Å². The lowest BCUT2D eigenvalue weighted by molar-refractivity contribution is 0.102. The molecule has 1 N–H and O–H groups in total. The van der Waals surface area contributed by atoms with Crippen molar-refractivity contribution >= 4 is 17.1 Å². The minimum Gasteiger partial charge on any atom is -0.434 e. The molecular weight excluding hydrogens is 359 g/mol. The number of ether oxygens (including phenoxy) is 1. The van der Waals surface area contributed by atoms with E-state index in [-0.39, 0.29) is 17.5 Å². The Morgan fingerprint density at radius 3 is 2.79 bits per heavy atom. The fraction of sp³-hybridized carbons (Fsp3) is 0.0952. The Balaban J connectivity index is 1.56. The van der Waals surface area contributed by atoms with Crippen LogP contribution in [0.2, 0.25) is 0 Å². The van der Waals surface area contributed by atoms with Crippen molar-refractivity contribution in [3.63, 3.8) is 0 Å². The van der Waals surface area contributed by atoms with Gasteiger partial charge in [0, 0.05) is 23.5 Å². The van der Waals surface area contributed by atoms with E-state index in [0.29, 0.717) is 16.8 Å². The second-order valence-corrected chi connectivity index (χ2v) is 6.43. The predicted molar refractivity (Wildman–Crippen MR) is 103 cm³/mol. The van der Waals surface area contributed by atoms with Crippen LogP contribution in [-0.4, -0.2) is 20.5 Å². The Kier molecular flexibility index (Phi) is 4.49. The number of aryl methyl sites for hydroxylation is 2. The van der Waals surface area contributed by atoms with Gasteiger partial charge in [-0.05, 0) is 49.7 Å². The molecule has 0 saturated carbocycles. The van der Waals surface area contributed by atoms with Crippen LogP contribution in [0.5, 0.6) is 11.6 Å². The first-order valence-corrected chi connectivity index (χ1v) is 8.65. The van der Waals surface area contributed by atoms with Crippen LogP contribution in [0.15, 0.2) is 61.1 Å². The number of halogens is 1. The molecule has 140 valence electrons. The number of carbonyl (C=O) groups is 1. The largest absolute Gasteiger partial charge is 0.434 e. The maximum absolute atomic E-state index is 14.6. The first-order valence-electron chi connectivity index (χ1n) is 8.65. The highest BCUT2D eigenvalue weighted by Crippen LogP contribution is 2.29. The Morgan fingerprint density at radius 2 is 2.00 bits per heavy atom. The molecule has 0 fully saturated rings. The number of carbonyl (C=O) groups excluding carboxylic acids is 1. The maximum atomic E-state index is 14.6. The normalized spacial score (nSPS) is 10.8. The molecule has 0 bridgehead atoms. The van der Waals surface area contributed by atoms with Gasteiger partial charge in [-0.3, -0.25) is 4.79 Å². The Hall–Kier alpha value is -3.74. The van der Waals surface area contributed by atoms with E-state index in [2.05, 4.69) is 15.4 Å². The monoisotopic (exact) mass is 376 g/mol. The summed E-state index contributed by atoms with van der Waals surface area (Å²) in [6, 6.07) is 13.3. The number of fused-ring (bicyclic) bond motifs is 1. The van der Waals surface area contributed by atoms with Crippen molar-refractivity contribution in [1.29, 1.82) is 0 Å². The van der Waals surface area contributed by atoms with Gasteiger partial charge in [-0.25, -0.2) is 8.91 Å². The SMILES string of the molecule is Cc1cccc(C(=O)Nc2ccc(Oc3ncnn4ccc(C)c34)c(F)c2)c1. The Labute approximate surface area is 160 Å². The minimum absolute atomic E-state index is 0.00903. The molecule has 4 aromatic rings. The molecule has 2 aromatic heterocycles. The zero-order valence-corrected chi connectivity index (χ0v) is 15.3. The van der Waals surface area contributed by atoms with Crippen molar-refractivity contribution in [3.8, 4) is 11.6 Å². The van der Waals surface area contributed by atoms with Crippen LogP contribution in [0.1, 0.15) is 21.5 Å². The van der Waals surface area contributed by atoms with Crippen LogP contribution in [0.25, 0.3) is 5.52 Å². The molecule has 2 aromatic carbocycles. The molecule has 0 aliphatic rings. The summed E-state index contributed by atoms with van der Waals surface area (Å²) < 4.78 is 21.8. The molecule has 0 radical (unpaired) electrons. The average Bonchev–Trinajstić information content (AvgIpc) is 3.06. The molecule has 0 atom stereocenters. The molecule has 7 heteroatoms. The van der Waals surface area contributed by atoms with E-state index in [1.165, 1.54) is 18.5 Å². The van der Waals surface area contributed by atoms with E-state index in [4.69, 9.17) is 4.74 Å². The molecular formula is C21H17FN4O2. The lowest BCUT2D eigenvalue weighted by Gasteiger charge is -2.10. The second-order valence-electron chi connectivity index (χ2n) is 6.43. The molecule has 0 aliphatic heterocycles. The molecule has 6 nitrogen and oxygen atoms in total. The summed E-state index contributed by atoms with van der Waals surface area (Å²) in [6.07, 6.45) is 3.12. The highest BCUT2D eigenvalue weighted by atomic mass is 19.1. The number of aromatic nitrogens is 3. The quantitative estimate of drug-likeness (QED) is 0.568. The summed E-state index contributed by atoms with van der Waals surface area (Å²) in [5.74, 6) is -0.649. The van der Waals surface area contributed by atoms with Crippen LogP contribution < -0.4 is 10.1 Å². The third-order valence-corrected chi connectivity index (χ3v) is 4.30.